The first kappa shape index (κ1) is 16.7. The highest BCUT2D eigenvalue weighted by atomic mass is 35.5. The van der Waals surface area contributed by atoms with Crippen molar-refractivity contribution in [3.8, 4) is 5.75 Å². The molecule has 0 saturated carbocycles. The summed E-state index contributed by atoms with van der Waals surface area (Å²) in [5, 5.41) is 3.89. The van der Waals surface area contributed by atoms with Crippen LogP contribution in [0.15, 0.2) is 48.8 Å². The Kier molecular flexibility index (Phi) is 5.67. The van der Waals surface area contributed by atoms with E-state index in [0.29, 0.717) is 30.3 Å². The van der Waals surface area contributed by atoms with Crippen LogP contribution in [0.25, 0.3) is 0 Å². The van der Waals surface area contributed by atoms with Gasteiger partial charge in [-0.05, 0) is 23.8 Å². The summed E-state index contributed by atoms with van der Waals surface area (Å²) < 4.78 is 5.63. The van der Waals surface area contributed by atoms with Gasteiger partial charge in [0.1, 0.15) is 5.75 Å². The molecule has 2 aromatic rings. The Morgan fingerprint density at radius 3 is 3.00 bits per heavy atom. The van der Waals surface area contributed by atoms with Gasteiger partial charge < -0.3 is 15.0 Å². The van der Waals surface area contributed by atoms with Crippen LogP contribution in [-0.2, 0) is 4.79 Å². The number of ether oxygens (including phenoxy) is 1. The maximum absolute atomic E-state index is 12.6. The molecule has 126 valence electrons. The number of piperazine rings is 1. The van der Waals surface area contributed by atoms with E-state index in [1.54, 1.807) is 18.3 Å². The summed E-state index contributed by atoms with van der Waals surface area (Å²) in [6.07, 6.45) is 3.88. The predicted molar refractivity (Wildman–Crippen MR) is 93.1 cm³/mol. The zero-order valence-corrected chi connectivity index (χ0v) is 14.1. The second-order valence-corrected chi connectivity index (χ2v) is 6.03. The maximum Gasteiger partial charge on any atom is 0.226 e. The number of pyridine rings is 1. The van der Waals surface area contributed by atoms with Crippen LogP contribution in [0.4, 0.5) is 0 Å². The summed E-state index contributed by atoms with van der Waals surface area (Å²) in [4.78, 5) is 18.7. The topological polar surface area (TPSA) is 54.5 Å². The highest BCUT2D eigenvalue weighted by Gasteiger charge is 2.27. The highest BCUT2D eigenvalue weighted by Crippen LogP contribution is 2.24. The molecule has 1 unspecified atom stereocenters. The number of aromatic nitrogens is 1. The first-order valence-electron chi connectivity index (χ1n) is 8.03. The van der Waals surface area contributed by atoms with Crippen LogP contribution in [0.3, 0.4) is 0 Å². The lowest BCUT2D eigenvalue weighted by Gasteiger charge is -2.36. The molecule has 1 aliphatic heterocycles. The Morgan fingerprint density at radius 1 is 1.33 bits per heavy atom. The molecule has 0 spiro atoms. The van der Waals surface area contributed by atoms with Crippen LogP contribution in [0.2, 0.25) is 5.02 Å². The Hall–Kier alpha value is -2.11. The van der Waals surface area contributed by atoms with Crippen molar-refractivity contribution >= 4 is 17.5 Å². The fourth-order valence-electron chi connectivity index (χ4n) is 2.83. The lowest BCUT2D eigenvalue weighted by atomic mass is 10.0. The van der Waals surface area contributed by atoms with E-state index < -0.39 is 0 Å². The third-order valence-corrected chi connectivity index (χ3v) is 4.36. The van der Waals surface area contributed by atoms with Gasteiger partial charge in [-0.25, -0.2) is 0 Å². The molecule has 1 aromatic heterocycles. The lowest BCUT2D eigenvalue weighted by molar-refractivity contribution is -0.135. The number of carbonyl (C=O) groups is 1. The van der Waals surface area contributed by atoms with Crippen LogP contribution in [0, 0.1) is 0 Å². The van der Waals surface area contributed by atoms with E-state index in [1.807, 2.05) is 35.4 Å². The second kappa shape index (κ2) is 8.13. The van der Waals surface area contributed by atoms with Gasteiger partial charge in [-0.2, -0.15) is 0 Å². The van der Waals surface area contributed by atoms with Crippen LogP contribution in [0.5, 0.6) is 5.75 Å². The molecule has 1 amide bonds. The van der Waals surface area contributed by atoms with Crippen LogP contribution in [0.1, 0.15) is 18.0 Å². The van der Waals surface area contributed by atoms with E-state index in [-0.39, 0.29) is 11.9 Å². The van der Waals surface area contributed by atoms with Crippen LogP contribution < -0.4 is 10.1 Å². The number of hydrogen-bond acceptors (Lipinski definition) is 4. The number of rotatable bonds is 5. The van der Waals surface area contributed by atoms with E-state index in [4.69, 9.17) is 16.3 Å². The van der Waals surface area contributed by atoms with Crippen molar-refractivity contribution in [2.75, 3.05) is 26.2 Å². The molecule has 1 saturated heterocycles. The maximum atomic E-state index is 12.6. The van der Waals surface area contributed by atoms with Crippen molar-refractivity contribution in [1.82, 2.24) is 15.2 Å². The summed E-state index contributed by atoms with van der Waals surface area (Å²) in [6, 6.07) is 11.2. The molecule has 5 nitrogen and oxygen atoms in total. The molecule has 6 heteroatoms. The van der Waals surface area contributed by atoms with Crippen molar-refractivity contribution in [3.63, 3.8) is 0 Å². The smallest absolute Gasteiger partial charge is 0.226 e. The van der Waals surface area contributed by atoms with Gasteiger partial charge in [0.05, 0.1) is 24.1 Å². The largest absolute Gasteiger partial charge is 0.491 e. The number of nitrogens with one attached hydrogen (secondary N) is 1. The number of amides is 1. The van der Waals surface area contributed by atoms with Gasteiger partial charge in [-0.15, -0.1) is 0 Å². The Balaban J connectivity index is 1.59. The Labute approximate surface area is 146 Å². The van der Waals surface area contributed by atoms with E-state index in [2.05, 4.69) is 10.3 Å². The standard InChI is InChI=1S/C18H20ClN3O2/c19-15-5-1-2-6-17(15)24-11-7-18(23)22-10-9-21-13-16(22)14-4-3-8-20-12-14/h1-6,8,12,16,21H,7,9-11,13H2. The summed E-state index contributed by atoms with van der Waals surface area (Å²) >= 11 is 6.06. The number of hydrogen-bond donors (Lipinski definition) is 1. The molecule has 1 aromatic carbocycles. The summed E-state index contributed by atoms with van der Waals surface area (Å²) in [7, 11) is 0. The predicted octanol–water partition coefficient (Wildman–Crippen LogP) is 2.68. The van der Waals surface area contributed by atoms with Gasteiger partial charge in [0.15, 0.2) is 0 Å². The van der Waals surface area contributed by atoms with Gasteiger partial charge in [0.25, 0.3) is 0 Å². The van der Waals surface area contributed by atoms with Gasteiger partial charge in [0, 0.05) is 32.0 Å². The summed E-state index contributed by atoms with van der Waals surface area (Å²) in [6.45, 7) is 2.54. The fourth-order valence-corrected chi connectivity index (χ4v) is 3.02. The zero-order valence-electron chi connectivity index (χ0n) is 13.3. The molecular weight excluding hydrogens is 326 g/mol. The molecule has 3 rings (SSSR count). The fraction of sp³-hybridized carbons (Fsp3) is 0.333. The van der Waals surface area contributed by atoms with Crippen molar-refractivity contribution < 1.29 is 9.53 Å². The number of nitrogens with zero attached hydrogens (tertiary/aromatic N) is 2. The van der Waals surface area contributed by atoms with E-state index >= 15 is 0 Å². The first-order chi connectivity index (χ1) is 11.8. The number of carbonyl (C=O) groups excluding carboxylic acids is 1. The molecular formula is C18H20ClN3O2. The van der Waals surface area contributed by atoms with Gasteiger partial charge in [-0.1, -0.05) is 29.8 Å². The molecule has 1 atom stereocenters. The monoisotopic (exact) mass is 345 g/mol. The molecule has 0 aliphatic carbocycles. The average Bonchev–Trinajstić information content (AvgIpc) is 2.64. The minimum atomic E-state index is 0.0141. The van der Waals surface area contributed by atoms with Crippen LogP contribution in [-0.4, -0.2) is 42.0 Å². The third-order valence-electron chi connectivity index (χ3n) is 4.04. The average molecular weight is 346 g/mol. The Bertz CT molecular complexity index is 681. The van der Waals surface area contributed by atoms with Gasteiger partial charge in [0.2, 0.25) is 5.91 Å². The third kappa shape index (κ3) is 4.04. The van der Waals surface area contributed by atoms with E-state index in [9.17, 15) is 4.79 Å². The molecule has 0 bridgehead atoms. The lowest BCUT2D eigenvalue weighted by Crippen LogP contribution is -2.49. The molecule has 24 heavy (non-hydrogen) atoms. The van der Waals surface area contributed by atoms with Crippen molar-refractivity contribution in [2.24, 2.45) is 0 Å². The molecule has 1 N–H and O–H groups in total. The second-order valence-electron chi connectivity index (χ2n) is 5.62. The van der Waals surface area contributed by atoms with Gasteiger partial charge >= 0.3 is 0 Å². The molecule has 1 aliphatic rings. The molecule has 2 heterocycles. The van der Waals surface area contributed by atoms with Crippen LogP contribution >= 0.6 is 11.6 Å². The molecule has 1 fully saturated rings. The van der Waals surface area contributed by atoms with Crippen molar-refractivity contribution in [1.29, 1.82) is 0 Å². The summed E-state index contributed by atoms with van der Waals surface area (Å²) in [5.41, 5.74) is 1.05. The van der Waals surface area contributed by atoms with Crippen molar-refractivity contribution in [2.45, 2.75) is 12.5 Å². The SMILES string of the molecule is O=C(CCOc1ccccc1Cl)N1CCNCC1c1cccnc1. The number of benzene rings is 1. The number of para-hydroxylation sites is 1. The number of halogens is 1. The first-order valence-corrected chi connectivity index (χ1v) is 8.41. The molecule has 0 radical (unpaired) electrons. The van der Waals surface area contributed by atoms with Gasteiger partial charge in [-0.3, -0.25) is 9.78 Å². The Morgan fingerprint density at radius 2 is 2.21 bits per heavy atom. The van der Waals surface area contributed by atoms with E-state index in [1.165, 1.54) is 0 Å². The van der Waals surface area contributed by atoms with Crippen molar-refractivity contribution in [3.05, 3.63) is 59.4 Å². The zero-order chi connectivity index (χ0) is 16.8. The minimum Gasteiger partial charge on any atom is -0.491 e. The highest BCUT2D eigenvalue weighted by molar-refractivity contribution is 6.32. The summed E-state index contributed by atoms with van der Waals surface area (Å²) in [5.74, 6) is 0.688. The quantitative estimate of drug-likeness (QED) is 0.905. The minimum absolute atomic E-state index is 0.0141. The van der Waals surface area contributed by atoms with E-state index in [0.717, 1.165) is 18.7 Å². The normalized spacial score (nSPS) is 17.5.